The lowest BCUT2D eigenvalue weighted by Gasteiger charge is -2.26. The molecule has 1 unspecified atom stereocenters. The molecule has 0 radical (unpaired) electrons. The van der Waals surface area contributed by atoms with Crippen LogP contribution in [-0.2, 0) is 6.54 Å². The first kappa shape index (κ1) is 14.0. The van der Waals surface area contributed by atoms with Gasteiger partial charge in [0.1, 0.15) is 0 Å². The maximum atomic E-state index is 3.17. The van der Waals surface area contributed by atoms with Gasteiger partial charge in [-0.2, -0.15) is 0 Å². The van der Waals surface area contributed by atoms with Crippen LogP contribution in [0.2, 0.25) is 0 Å². The van der Waals surface area contributed by atoms with Crippen molar-refractivity contribution in [2.24, 2.45) is 5.92 Å². The van der Waals surface area contributed by atoms with E-state index in [9.17, 15) is 0 Å². The van der Waals surface area contributed by atoms with Crippen LogP contribution < -0.4 is 10.2 Å². The van der Waals surface area contributed by atoms with Gasteiger partial charge in [0.05, 0.1) is 0 Å². The van der Waals surface area contributed by atoms with Crippen molar-refractivity contribution < 1.29 is 0 Å². The van der Waals surface area contributed by atoms with Gasteiger partial charge in [-0.1, -0.05) is 32.4 Å². The number of nitrogens with one attached hydrogen (secondary N) is 1. The zero-order valence-electron chi connectivity index (χ0n) is 11.7. The fourth-order valence-corrected chi connectivity index (χ4v) is 1.95. The summed E-state index contributed by atoms with van der Waals surface area (Å²) in [6.07, 6.45) is 1.24. The lowest BCUT2D eigenvalue weighted by molar-refractivity contribution is 0.548. The average Bonchev–Trinajstić information content (AvgIpc) is 2.37. The molecule has 17 heavy (non-hydrogen) atoms. The van der Waals surface area contributed by atoms with Crippen LogP contribution in [0.4, 0.5) is 5.69 Å². The third-order valence-corrected chi connectivity index (χ3v) is 3.29. The Morgan fingerprint density at radius 1 is 1.18 bits per heavy atom. The molecule has 0 fully saturated rings. The molecule has 0 heterocycles. The summed E-state index contributed by atoms with van der Waals surface area (Å²) in [7, 11) is 1.98. The van der Waals surface area contributed by atoms with Crippen molar-refractivity contribution in [3.05, 3.63) is 29.8 Å². The second-order valence-electron chi connectivity index (χ2n) is 4.75. The van der Waals surface area contributed by atoms with E-state index in [-0.39, 0.29) is 0 Å². The Hall–Kier alpha value is -1.02. The Balaban J connectivity index is 2.68. The minimum absolute atomic E-state index is 0.756. The van der Waals surface area contributed by atoms with Gasteiger partial charge in [0.2, 0.25) is 0 Å². The molecule has 1 rings (SSSR count). The Labute approximate surface area is 106 Å². The summed E-state index contributed by atoms with van der Waals surface area (Å²) in [5.74, 6) is 0.756. The topological polar surface area (TPSA) is 15.3 Å². The number of hydrogen-bond donors (Lipinski definition) is 1. The van der Waals surface area contributed by atoms with E-state index >= 15 is 0 Å². The van der Waals surface area contributed by atoms with Gasteiger partial charge in [0.25, 0.3) is 0 Å². The highest BCUT2D eigenvalue weighted by Crippen LogP contribution is 2.17. The highest BCUT2D eigenvalue weighted by molar-refractivity contribution is 5.47. The lowest BCUT2D eigenvalue weighted by atomic mass is 10.1. The van der Waals surface area contributed by atoms with E-state index in [4.69, 9.17) is 0 Å². The van der Waals surface area contributed by atoms with Crippen LogP contribution in [0.1, 0.15) is 32.8 Å². The molecule has 0 aromatic heterocycles. The summed E-state index contributed by atoms with van der Waals surface area (Å²) >= 11 is 0. The highest BCUT2D eigenvalue weighted by Gasteiger charge is 2.07. The van der Waals surface area contributed by atoms with Gasteiger partial charge < -0.3 is 10.2 Å². The highest BCUT2D eigenvalue weighted by atomic mass is 15.1. The molecule has 0 aliphatic carbocycles. The van der Waals surface area contributed by atoms with E-state index < -0.39 is 0 Å². The van der Waals surface area contributed by atoms with Gasteiger partial charge in [-0.25, -0.2) is 0 Å². The lowest BCUT2D eigenvalue weighted by Crippen LogP contribution is -2.27. The second-order valence-corrected chi connectivity index (χ2v) is 4.75. The van der Waals surface area contributed by atoms with E-state index in [0.29, 0.717) is 0 Å². The van der Waals surface area contributed by atoms with Crippen LogP contribution >= 0.6 is 0 Å². The van der Waals surface area contributed by atoms with Gasteiger partial charge in [-0.3, -0.25) is 0 Å². The Bertz CT molecular complexity index is 305. The van der Waals surface area contributed by atoms with Crippen molar-refractivity contribution in [1.82, 2.24) is 5.32 Å². The van der Waals surface area contributed by atoms with Crippen molar-refractivity contribution in [2.75, 3.05) is 25.0 Å². The molecule has 0 aliphatic rings. The molecule has 0 spiro atoms. The van der Waals surface area contributed by atoms with Crippen LogP contribution in [0.25, 0.3) is 0 Å². The van der Waals surface area contributed by atoms with Gasteiger partial charge in [-0.05, 0) is 37.6 Å². The van der Waals surface area contributed by atoms with Gasteiger partial charge in [-0.15, -0.1) is 0 Å². The van der Waals surface area contributed by atoms with Crippen LogP contribution in [0.15, 0.2) is 24.3 Å². The summed E-state index contributed by atoms with van der Waals surface area (Å²) < 4.78 is 0. The van der Waals surface area contributed by atoms with Gasteiger partial charge in [0.15, 0.2) is 0 Å². The Kier molecular flexibility index (Phi) is 6.06. The van der Waals surface area contributed by atoms with Crippen LogP contribution in [0, 0.1) is 5.92 Å². The molecule has 1 atom stereocenters. The molecule has 0 saturated heterocycles. The predicted octanol–water partition coefficient (Wildman–Crippen LogP) is 3.28. The normalized spacial score (nSPS) is 12.5. The summed E-state index contributed by atoms with van der Waals surface area (Å²) in [6.45, 7) is 9.97. The Morgan fingerprint density at radius 2 is 1.82 bits per heavy atom. The number of nitrogens with zero attached hydrogens (tertiary/aromatic N) is 1. The third kappa shape index (κ3) is 4.39. The van der Waals surface area contributed by atoms with Crippen molar-refractivity contribution in [1.29, 1.82) is 0 Å². The molecule has 1 aromatic carbocycles. The SMILES string of the molecule is CCC(C)CN(CC)c1ccc(CNC)cc1. The minimum atomic E-state index is 0.756. The van der Waals surface area contributed by atoms with Crippen molar-refractivity contribution in [3.63, 3.8) is 0 Å². The maximum Gasteiger partial charge on any atom is 0.0366 e. The molecular weight excluding hydrogens is 208 g/mol. The summed E-state index contributed by atoms with van der Waals surface area (Å²) in [4.78, 5) is 2.46. The van der Waals surface area contributed by atoms with Crippen molar-refractivity contribution >= 4 is 5.69 Å². The third-order valence-electron chi connectivity index (χ3n) is 3.29. The first-order valence-corrected chi connectivity index (χ1v) is 6.69. The van der Waals surface area contributed by atoms with Crippen LogP contribution in [-0.4, -0.2) is 20.1 Å². The molecule has 0 saturated carbocycles. The fourth-order valence-electron chi connectivity index (χ4n) is 1.95. The summed E-state index contributed by atoms with van der Waals surface area (Å²) in [5.41, 5.74) is 2.68. The molecule has 0 aliphatic heterocycles. The zero-order valence-corrected chi connectivity index (χ0v) is 11.7. The van der Waals surface area contributed by atoms with Crippen molar-refractivity contribution in [3.8, 4) is 0 Å². The molecule has 1 aromatic rings. The zero-order chi connectivity index (χ0) is 12.7. The average molecular weight is 234 g/mol. The monoisotopic (exact) mass is 234 g/mol. The van der Waals surface area contributed by atoms with Gasteiger partial charge >= 0.3 is 0 Å². The molecule has 2 heteroatoms. The fraction of sp³-hybridized carbons (Fsp3) is 0.600. The largest absolute Gasteiger partial charge is 0.372 e. The number of benzene rings is 1. The summed E-state index contributed by atoms with van der Waals surface area (Å²) in [6, 6.07) is 8.90. The number of rotatable bonds is 7. The van der Waals surface area contributed by atoms with Crippen LogP contribution in [0.3, 0.4) is 0 Å². The molecular formula is C15H26N2. The van der Waals surface area contributed by atoms with E-state index in [1.807, 2.05) is 7.05 Å². The molecule has 1 N–H and O–H groups in total. The second kappa shape index (κ2) is 7.33. The smallest absolute Gasteiger partial charge is 0.0366 e. The molecule has 2 nitrogen and oxygen atoms in total. The van der Waals surface area contributed by atoms with E-state index in [1.54, 1.807) is 0 Å². The maximum absolute atomic E-state index is 3.17. The standard InChI is InChI=1S/C15H26N2/c1-5-13(3)12-17(6-2)15-9-7-14(8-10-15)11-16-4/h7-10,13,16H,5-6,11-12H2,1-4H3. The first-order valence-electron chi connectivity index (χ1n) is 6.69. The van der Waals surface area contributed by atoms with E-state index in [1.165, 1.54) is 17.7 Å². The molecule has 0 bridgehead atoms. The van der Waals surface area contributed by atoms with E-state index in [0.717, 1.165) is 25.6 Å². The van der Waals surface area contributed by atoms with Crippen LogP contribution in [0.5, 0.6) is 0 Å². The van der Waals surface area contributed by atoms with Gasteiger partial charge in [0, 0.05) is 25.3 Å². The Morgan fingerprint density at radius 3 is 2.29 bits per heavy atom. The minimum Gasteiger partial charge on any atom is -0.372 e. The predicted molar refractivity (Wildman–Crippen MR) is 76.5 cm³/mol. The van der Waals surface area contributed by atoms with E-state index in [2.05, 4.69) is 55.3 Å². The van der Waals surface area contributed by atoms with Crippen molar-refractivity contribution in [2.45, 2.75) is 33.7 Å². The first-order chi connectivity index (χ1) is 8.21. The molecule has 0 amide bonds. The summed E-state index contributed by atoms with van der Waals surface area (Å²) in [5, 5.41) is 3.17. The quantitative estimate of drug-likeness (QED) is 0.779. The molecule has 96 valence electrons. The number of anilines is 1. The number of hydrogen-bond acceptors (Lipinski definition) is 2.